The van der Waals surface area contributed by atoms with Crippen molar-refractivity contribution in [2.24, 2.45) is 5.73 Å². The van der Waals surface area contributed by atoms with Crippen molar-refractivity contribution in [2.45, 2.75) is 26.0 Å². The van der Waals surface area contributed by atoms with Crippen LogP contribution in [0.15, 0.2) is 30.3 Å². The lowest BCUT2D eigenvalue weighted by atomic mass is 10.1. The van der Waals surface area contributed by atoms with Gasteiger partial charge in [-0.05, 0) is 19.4 Å². The molecule has 1 aromatic rings. The Morgan fingerprint density at radius 1 is 1.33 bits per heavy atom. The van der Waals surface area contributed by atoms with E-state index in [0.717, 1.165) is 5.56 Å². The average Bonchev–Trinajstić information content (AvgIpc) is 2.37. The van der Waals surface area contributed by atoms with Crippen molar-refractivity contribution in [1.82, 2.24) is 4.90 Å². The summed E-state index contributed by atoms with van der Waals surface area (Å²) in [5.41, 5.74) is 6.77. The van der Waals surface area contributed by atoms with Crippen molar-refractivity contribution in [2.75, 3.05) is 20.2 Å². The van der Waals surface area contributed by atoms with E-state index >= 15 is 0 Å². The zero-order valence-electron chi connectivity index (χ0n) is 11.3. The monoisotopic (exact) mass is 250 g/mol. The molecule has 0 fully saturated rings. The summed E-state index contributed by atoms with van der Waals surface area (Å²) in [5, 5.41) is 0. The van der Waals surface area contributed by atoms with Crippen molar-refractivity contribution in [3.05, 3.63) is 35.9 Å². The molecule has 0 saturated carbocycles. The molecule has 0 saturated heterocycles. The van der Waals surface area contributed by atoms with Gasteiger partial charge in [-0.2, -0.15) is 0 Å². The average molecular weight is 250 g/mol. The summed E-state index contributed by atoms with van der Waals surface area (Å²) in [4.78, 5) is 13.7. The van der Waals surface area contributed by atoms with Gasteiger partial charge in [-0.15, -0.1) is 0 Å². The van der Waals surface area contributed by atoms with Crippen LogP contribution in [0.4, 0.5) is 0 Å². The fourth-order valence-corrected chi connectivity index (χ4v) is 1.58. The Morgan fingerprint density at radius 2 is 1.94 bits per heavy atom. The van der Waals surface area contributed by atoms with E-state index in [1.165, 1.54) is 0 Å². The van der Waals surface area contributed by atoms with Crippen molar-refractivity contribution in [1.29, 1.82) is 0 Å². The minimum Gasteiger partial charge on any atom is -0.377 e. The number of amides is 1. The number of hydrogen-bond donors (Lipinski definition) is 1. The van der Waals surface area contributed by atoms with Gasteiger partial charge < -0.3 is 15.4 Å². The molecule has 0 aliphatic rings. The van der Waals surface area contributed by atoms with Gasteiger partial charge in [0, 0.05) is 13.6 Å². The molecule has 4 heteroatoms. The molecule has 0 bridgehead atoms. The third kappa shape index (κ3) is 4.47. The minimum atomic E-state index is -0.602. The number of carbonyl (C=O) groups excluding carboxylic acids is 1. The zero-order valence-corrected chi connectivity index (χ0v) is 11.3. The molecule has 1 aromatic carbocycles. The number of nitrogens with two attached hydrogens (primary N) is 1. The molecule has 0 unspecified atom stereocenters. The van der Waals surface area contributed by atoms with E-state index in [-0.39, 0.29) is 12.0 Å². The number of carbonyl (C=O) groups is 1. The van der Waals surface area contributed by atoms with E-state index < -0.39 is 6.04 Å². The van der Waals surface area contributed by atoms with Crippen molar-refractivity contribution < 1.29 is 9.53 Å². The first-order valence-electron chi connectivity index (χ1n) is 6.19. The first-order valence-corrected chi connectivity index (χ1v) is 6.19. The molecule has 0 aliphatic heterocycles. The third-order valence-corrected chi connectivity index (χ3v) is 2.68. The Balaban J connectivity index is 2.48. The number of hydrogen-bond acceptors (Lipinski definition) is 3. The summed E-state index contributed by atoms with van der Waals surface area (Å²) in [7, 11) is 1.74. The minimum absolute atomic E-state index is 0.0893. The molecule has 0 spiro atoms. The number of ether oxygens (including phenoxy) is 1. The molecular formula is C14H22N2O2. The third-order valence-electron chi connectivity index (χ3n) is 2.68. The molecule has 0 radical (unpaired) electrons. The lowest BCUT2D eigenvalue weighted by molar-refractivity contribution is -0.132. The molecule has 100 valence electrons. The quantitative estimate of drug-likeness (QED) is 0.833. The summed E-state index contributed by atoms with van der Waals surface area (Å²) in [6.07, 6.45) is 0.177. The topological polar surface area (TPSA) is 55.6 Å². The molecule has 4 nitrogen and oxygen atoms in total. The van der Waals surface area contributed by atoms with E-state index in [2.05, 4.69) is 0 Å². The van der Waals surface area contributed by atoms with Crippen molar-refractivity contribution in [3.63, 3.8) is 0 Å². The molecular weight excluding hydrogens is 228 g/mol. The van der Waals surface area contributed by atoms with E-state index in [4.69, 9.17) is 10.5 Å². The Bertz CT molecular complexity index is 365. The van der Waals surface area contributed by atoms with Gasteiger partial charge >= 0.3 is 0 Å². The van der Waals surface area contributed by atoms with E-state index in [1.807, 2.05) is 44.2 Å². The number of nitrogens with zero attached hydrogens (tertiary/aromatic N) is 1. The molecule has 0 heterocycles. The Labute approximate surface area is 109 Å². The SMILES string of the molecule is CC(C)OCCN(C)C(=O)[C@H](N)c1ccccc1. The highest BCUT2D eigenvalue weighted by Gasteiger charge is 2.19. The second kappa shape index (κ2) is 7.13. The molecule has 2 N–H and O–H groups in total. The molecule has 1 rings (SSSR count). The van der Waals surface area contributed by atoms with Gasteiger partial charge in [-0.3, -0.25) is 4.79 Å². The first kappa shape index (κ1) is 14.7. The number of benzene rings is 1. The molecule has 1 amide bonds. The Morgan fingerprint density at radius 3 is 2.50 bits per heavy atom. The molecule has 0 aromatic heterocycles. The van der Waals surface area contributed by atoms with Gasteiger partial charge in [-0.1, -0.05) is 30.3 Å². The Hall–Kier alpha value is -1.39. The lowest BCUT2D eigenvalue weighted by Crippen LogP contribution is -2.37. The largest absolute Gasteiger partial charge is 0.377 e. The fraction of sp³-hybridized carbons (Fsp3) is 0.500. The summed E-state index contributed by atoms with van der Waals surface area (Å²) in [6.45, 7) is 5.02. The van der Waals surface area contributed by atoms with Gasteiger partial charge in [0.15, 0.2) is 0 Å². The standard InChI is InChI=1S/C14H22N2O2/c1-11(2)18-10-9-16(3)14(17)13(15)12-7-5-4-6-8-12/h4-8,11,13H,9-10,15H2,1-3H3/t13-/m1/s1. The van der Waals surface area contributed by atoms with Crippen LogP contribution in [0, 0.1) is 0 Å². The lowest BCUT2D eigenvalue weighted by Gasteiger charge is -2.22. The van der Waals surface area contributed by atoms with E-state index in [9.17, 15) is 4.79 Å². The summed E-state index contributed by atoms with van der Waals surface area (Å²) in [6, 6.07) is 8.78. The highest BCUT2D eigenvalue weighted by molar-refractivity contribution is 5.82. The molecule has 18 heavy (non-hydrogen) atoms. The van der Waals surface area contributed by atoms with Crippen LogP contribution >= 0.6 is 0 Å². The summed E-state index contributed by atoms with van der Waals surface area (Å²) in [5.74, 6) is -0.0893. The molecule has 1 atom stereocenters. The normalized spacial score (nSPS) is 12.5. The zero-order chi connectivity index (χ0) is 13.5. The highest BCUT2D eigenvalue weighted by Crippen LogP contribution is 2.11. The fourth-order valence-electron chi connectivity index (χ4n) is 1.58. The summed E-state index contributed by atoms with van der Waals surface area (Å²) < 4.78 is 5.41. The van der Waals surface area contributed by atoms with Gasteiger partial charge in [0.1, 0.15) is 6.04 Å². The second-order valence-electron chi connectivity index (χ2n) is 4.57. The highest BCUT2D eigenvalue weighted by atomic mass is 16.5. The van der Waals surface area contributed by atoms with Gasteiger partial charge in [0.25, 0.3) is 0 Å². The predicted octanol–water partition coefficient (Wildman–Crippen LogP) is 1.57. The maximum absolute atomic E-state index is 12.1. The van der Waals surface area contributed by atoms with Crippen LogP contribution in [0.1, 0.15) is 25.5 Å². The maximum atomic E-state index is 12.1. The van der Waals surface area contributed by atoms with Crippen LogP contribution in [0.3, 0.4) is 0 Å². The van der Waals surface area contributed by atoms with Gasteiger partial charge in [0.05, 0.1) is 12.7 Å². The predicted molar refractivity (Wildman–Crippen MR) is 72.1 cm³/mol. The second-order valence-corrected chi connectivity index (χ2v) is 4.57. The first-order chi connectivity index (χ1) is 8.52. The van der Waals surface area contributed by atoms with E-state index in [0.29, 0.717) is 13.2 Å². The van der Waals surface area contributed by atoms with Crippen LogP contribution in [0.2, 0.25) is 0 Å². The van der Waals surface area contributed by atoms with E-state index in [1.54, 1.807) is 11.9 Å². The van der Waals surface area contributed by atoms with Crippen LogP contribution in [0.5, 0.6) is 0 Å². The van der Waals surface area contributed by atoms with Crippen LogP contribution in [0.25, 0.3) is 0 Å². The van der Waals surface area contributed by atoms with Gasteiger partial charge in [0.2, 0.25) is 5.91 Å². The molecule has 0 aliphatic carbocycles. The van der Waals surface area contributed by atoms with Gasteiger partial charge in [-0.25, -0.2) is 0 Å². The summed E-state index contributed by atoms with van der Waals surface area (Å²) >= 11 is 0. The Kier molecular flexibility index (Phi) is 5.82. The smallest absolute Gasteiger partial charge is 0.243 e. The van der Waals surface area contributed by atoms with Crippen molar-refractivity contribution >= 4 is 5.91 Å². The number of rotatable bonds is 6. The van der Waals surface area contributed by atoms with Crippen molar-refractivity contribution in [3.8, 4) is 0 Å². The van der Waals surface area contributed by atoms with Crippen LogP contribution < -0.4 is 5.73 Å². The maximum Gasteiger partial charge on any atom is 0.243 e. The van der Waals surface area contributed by atoms with Crippen LogP contribution in [-0.2, 0) is 9.53 Å². The number of likely N-dealkylation sites (N-methyl/N-ethyl adjacent to an activating group) is 1. The van der Waals surface area contributed by atoms with Crippen LogP contribution in [-0.4, -0.2) is 37.1 Å².